The van der Waals surface area contributed by atoms with Gasteiger partial charge in [-0.2, -0.15) is 0 Å². The third kappa shape index (κ3) is 5.57. The summed E-state index contributed by atoms with van der Waals surface area (Å²) in [5.41, 5.74) is 1.40. The molecule has 3 aromatic carbocycles. The Morgan fingerprint density at radius 1 is 0.952 bits per heavy atom. The van der Waals surface area contributed by atoms with Crippen molar-refractivity contribution >= 4 is 46.5 Å². The lowest BCUT2D eigenvalue weighted by Crippen LogP contribution is -2.33. The number of carbonyl (C=O) groups excluding carboxylic acids is 5. The molecule has 1 aliphatic carbocycles. The van der Waals surface area contributed by atoms with Crippen molar-refractivity contribution in [3.05, 3.63) is 111 Å². The van der Waals surface area contributed by atoms with Crippen molar-refractivity contribution in [2.24, 2.45) is 11.8 Å². The van der Waals surface area contributed by atoms with Gasteiger partial charge in [-0.1, -0.05) is 42.0 Å². The summed E-state index contributed by atoms with van der Waals surface area (Å²) in [6.45, 7) is 1.29. The standard InChI is InChI=1S/C31H25N3O8/c1-18-12-13-23-25(14-18)30(38)33(29(23)37)26-11-3-2-10-24(26)28(36)32-21-8-4-7-20(15-21)31(39)42-17-27(35)19-6-5-9-22(16-19)34(40)41/h2-12,15-16,23,25H,13-14,17H2,1H3,(H,32,36)/t23-,25+/m0/s1. The molecule has 0 bridgehead atoms. The fourth-order valence-corrected chi connectivity index (χ4v) is 5.15. The van der Waals surface area contributed by atoms with Gasteiger partial charge in [-0.05, 0) is 50.1 Å². The van der Waals surface area contributed by atoms with E-state index in [4.69, 9.17) is 4.74 Å². The molecule has 1 aliphatic heterocycles. The van der Waals surface area contributed by atoms with Crippen molar-refractivity contribution in [1.82, 2.24) is 0 Å². The molecule has 1 saturated heterocycles. The second-order valence-electron chi connectivity index (χ2n) is 10.1. The van der Waals surface area contributed by atoms with E-state index < -0.39 is 41.0 Å². The first-order chi connectivity index (χ1) is 20.1. The second-order valence-corrected chi connectivity index (χ2v) is 10.1. The van der Waals surface area contributed by atoms with Crippen LogP contribution in [0.1, 0.15) is 50.8 Å². The maximum absolute atomic E-state index is 13.3. The van der Waals surface area contributed by atoms with E-state index >= 15 is 0 Å². The highest BCUT2D eigenvalue weighted by Gasteiger charge is 2.49. The Morgan fingerprint density at radius 3 is 2.45 bits per heavy atom. The summed E-state index contributed by atoms with van der Waals surface area (Å²) < 4.78 is 5.10. The van der Waals surface area contributed by atoms with E-state index in [0.29, 0.717) is 12.8 Å². The lowest BCUT2D eigenvalue weighted by molar-refractivity contribution is -0.384. The van der Waals surface area contributed by atoms with Crippen molar-refractivity contribution in [1.29, 1.82) is 0 Å². The Hall–Kier alpha value is -5.45. The quantitative estimate of drug-likeness (QED) is 0.102. The van der Waals surface area contributed by atoms with Gasteiger partial charge >= 0.3 is 5.97 Å². The van der Waals surface area contributed by atoms with Gasteiger partial charge in [0, 0.05) is 23.4 Å². The van der Waals surface area contributed by atoms with E-state index in [1.54, 1.807) is 24.3 Å². The van der Waals surface area contributed by atoms with Crippen LogP contribution in [-0.2, 0) is 14.3 Å². The number of rotatable bonds is 8. The van der Waals surface area contributed by atoms with E-state index in [-0.39, 0.29) is 45.6 Å². The smallest absolute Gasteiger partial charge is 0.338 e. The molecular formula is C31H25N3O8. The second kappa shape index (κ2) is 11.6. The summed E-state index contributed by atoms with van der Waals surface area (Å²) in [7, 11) is 0. The molecule has 11 heteroatoms. The molecule has 1 heterocycles. The summed E-state index contributed by atoms with van der Waals surface area (Å²) in [5.74, 6) is -3.63. The number of ether oxygens (including phenoxy) is 1. The van der Waals surface area contributed by atoms with Crippen molar-refractivity contribution in [3.8, 4) is 0 Å². The first kappa shape index (κ1) is 28.1. The van der Waals surface area contributed by atoms with Crippen LogP contribution < -0.4 is 10.2 Å². The van der Waals surface area contributed by atoms with E-state index in [0.717, 1.165) is 16.5 Å². The molecule has 1 fully saturated rings. The number of allylic oxidation sites excluding steroid dienone is 2. The zero-order chi connectivity index (χ0) is 30.0. The van der Waals surface area contributed by atoms with Gasteiger partial charge in [0.15, 0.2) is 6.61 Å². The number of non-ortho nitro benzene ring substituents is 1. The first-order valence-electron chi connectivity index (χ1n) is 13.1. The zero-order valence-electron chi connectivity index (χ0n) is 22.4. The molecular weight excluding hydrogens is 542 g/mol. The molecule has 11 nitrogen and oxygen atoms in total. The molecule has 42 heavy (non-hydrogen) atoms. The van der Waals surface area contributed by atoms with Gasteiger partial charge in [-0.3, -0.25) is 29.3 Å². The minimum absolute atomic E-state index is 0.0253. The zero-order valence-corrected chi connectivity index (χ0v) is 22.4. The maximum Gasteiger partial charge on any atom is 0.338 e. The fraction of sp³-hybridized carbons (Fsp3) is 0.194. The van der Waals surface area contributed by atoms with Crippen LogP contribution in [0.5, 0.6) is 0 Å². The third-order valence-electron chi connectivity index (χ3n) is 7.28. The predicted octanol–water partition coefficient (Wildman–Crippen LogP) is 4.73. The van der Waals surface area contributed by atoms with Gasteiger partial charge in [0.1, 0.15) is 0 Å². The third-order valence-corrected chi connectivity index (χ3v) is 7.28. The summed E-state index contributed by atoms with van der Waals surface area (Å²) in [5, 5.41) is 13.6. The molecule has 3 amide bonds. The first-order valence-corrected chi connectivity index (χ1v) is 13.1. The number of imide groups is 1. The normalized spacial score (nSPS) is 17.7. The van der Waals surface area contributed by atoms with E-state index in [2.05, 4.69) is 5.32 Å². The number of nitrogens with zero attached hydrogens (tertiary/aromatic N) is 2. The number of carbonyl (C=O) groups is 5. The largest absolute Gasteiger partial charge is 0.454 e. The van der Waals surface area contributed by atoms with Gasteiger partial charge < -0.3 is 10.1 Å². The van der Waals surface area contributed by atoms with Gasteiger partial charge in [0.25, 0.3) is 11.6 Å². The van der Waals surface area contributed by atoms with Crippen LogP contribution in [0.4, 0.5) is 17.1 Å². The molecule has 2 aliphatic rings. The summed E-state index contributed by atoms with van der Waals surface area (Å²) in [6.07, 6.45) is 2.95. The molecule has 0 spiro atoms. The highest BCUT2D eigenvalue weighted by Crippen LogP contribution is 2.40. The highest BCUT2D eigenvalue weighted by atomic mass is 16.6. The van der Waals surface area contributed by atoms with Crippen molar-refractivity contribution in [2.45, 2.75) is 19.8 Å². The average molecular weight is 568 g/mol. The predicted molar refractivity (Wildman–Crippen MR) is 151 cm³/mol. The van der Waals surface area contributed by atoms with Crippen LogP contribution in [0.25, 0.3) is 0 Å². The lowest BCUT2D eigenvalue weighted by Gasteiger charge is -2.19. The number of nitro benzene ring substituents is 1. The number of ketones is 1. The van der Waals surface area contributed by atoms with Crippen molar-refractivity contribution in [3.63, 3.8) is 0 Å². The monoisotopic (exact) mass is 567 g/mol. The Balaban J connectivity index is 1.28. The number of nitrogens with one attached hydrogen (secondary N) is 1. The van der Waals surface area contributed by atoms with Gasteiger partial charge in [0.2, 0.25) is 17.6 Å². The molecule has 0 unspecified atom stereocenters. The number of hydrogen-bond acceptors (Lipinski definition) is 8. The number of esters is 1. The minimum Gasteiger partial charge on any atom is -0.454 e. The molecule has 2 atom stereocenters. The van der Waals surface area contributed by atoms with Crippen molar-refractivity contribution in [2.75, 3.05) is 16.8 Å². The summed E-state index contributed by atoms with van der Waals surface area (Å²) >= 11 is 0. The van der Waals surface area contributed by atoms with Gasteiger partial charge in [0.05, 0.1) is 33.6 Å². The Morgan fingerprint density at radius 2 is 1.67 bits per heavy atom. The number of Topliss-reactive ketones (excluding diaryl/α,β-unsaturated/α-hetero) is 1. The van der Waals surface area contributed by atoms with Crippen LogP contribution in [0.2, 0.25) is 0 Å². The van der Waals surface area contributed by atoms with Crippen LogP contribution in [0.15, 0.2) is 84.4 Å². The number of fused-ring (bicyclic) bond motifs is 1. The molecule has 212 valence electrons. The number of nitro groups is 1. The highest BCUT2D eigenvalue weighted by molar-refractivity contribution is 6.25. The topological polar surface area (TPSA) is 153 Å². The minimum atomic E-state index is -0.843. The number of para-hydroxylation sites is 1. The number of benzene rings is 3. The van der Waals surface area contributed by atoms with E-state index in [1.807, 2.05) is 13.0 Å². The Bertz CT molecular complexity index is 1680. The molecule has 0 radical (unpaired) electrons. The Kier molecular flexibility index (Phi) is 7.74. The summed E-state index contributed by atoms with van der Waals surface area (Å²) in [6, 6.07) is 17.2. The van der Waals surface area contributed by atoms with E-state index in [9.17, 15) is 34.1 Å². The van der Waals surface area contributed by atoms with Crippen LogP contribution in [0, 0.1) is 22.0 Å². The van der Waals surface area contributed by atoms with E-state index in [1.165, 1.54) is 42.5 Å². The maximum atomic E-state index is 13.3. The molecule has 3 aromatic rings. The van der Waals surface area contributed by atoms with Crippen LogP contribution in [-0.4, -0.2) is 41.0 Å². The van der Waals surface area contributed by atoms with Crippen LogP contribution >= 0.6 is 0 Å². The molecule has 0 saturated carbocycles. The van der Waals surface area contributed by atoms with Gasteiger partial charge in [-0.15, -0.1) is 0 Å². The van der Waals surface area contributed by atoms with Crippen LogP contribution in [0.3, 0.4) is 0 Å². The fourth-order valence-electron chi connectivity index (χ4n) is 5.15. The number of anilines is 2. The number of hydrogen-bond donors (Lipinski definition) is 1. The Labute approximate surface area is 239 Å². The molecule has 5 rings (SSSR count). The summed E-state index contributed by atoms with van der Waals surface area (Å²) in [4.78, 5) is 76.2. The lowest BCUT2D eigenvalue weighted by atomic mass is 9.82. The molecule has 1 N–H and O–H groups in total. The van der Waals surface area contributed by atoms with Gasteiger partial charge in [-0.25, -0.2) is 9.69 Å². The van der Waals surface area contributed by atoms with Crippen molar-refractivity contribution < 1.29 is 33.6 Å². The average Bonchev–Trinajstić information content (AvgIpc) is 3.24. The SMILES string of the molecule is CC1=CC[C@@H]2C(=O)N(c3ccccc3C(=O)Nc3cccc(C(=O)OCC(=O)c4cccc([N+](=O)[O-])c4)c3)C(=O)[C@@H]2C1. The molecule has 0 aromatic heterocycles. The number of amides is 3.